The number of aryl methyl sites for hydroxylation is 1. The Labute approximate surface area is 96.2 Å². The fourth-order valence-electron chi connectivity index (χ4n) is 1.46. The van der Waals surface area contributed by atoms with Crippen LogP contribution in [0.3, 0.4) is 0 Å². The Balaban J connectivity index is 2.10. The first kappa shape index (κ1) is 12.8. The molecule has 0 aliphatic rings. The van der Waals surface area contributed by atoms with Crippen LogP contribution in [-0.4, -0.2) is 12.5 Å². The van der Waals surface area contributed by atoms with Crippen molar-refractivity contribution >= 4 is 5.91 Å². The van der Waals surface area contributed by atoms with E-state index in [0.29, 0.717) is 19.5 Å². The van der Waals surface area contributed by atoms with Crippen molar-refractivity contribution in [3.05, 3.63) is 23.7 Å². The van der Waals surface area contributed by atoms with E-state index in [4.69, 9.17) is 10.2 Å². The molecule has 0 aliphatic heterocycles. The fourth-order valence-corrected chi connectivity index (χ4v) is 1.46. The number of unbranched alkanes of at least 4 members (excludes halogenated alkanes) is 2. The van der Waals surface area contributed by atoms with Crippen molar-refractivity contribution < 1.29 is 9.21 Å². The van der Waals surface area contributed by atoms with Crippen LogP contribution in [0, 0.1) is 6.92 Å². The Bertz CT molecular complexity index is 321. The standard InChI is InChI=1S/C12H20N2O2/c1-10-6-7-11(16-10)9-14-12(15)5-3-2-4-8-13/h6-7H,2-5,8-9,13H2,1H3,(H,14,15). The summed E-state index contributed by atoms with van der Waals surface area (Å²) in [6.45, 7) is 3.06. The van der Waals surface area contributed by atoms with Crippen LogP contribution in [0.15, 0.2) is 16.5 Å². The van der Waals surface area contributed by atoms with Gasteiger partial charge in [0.1, 0.15) is 11.5 Å². The number of nitrogens with two attached hydrogens (primary N) is 1. The maximum Gasteiger partial charge on any atom is 0.220 e. The highest BCUT2D eigenvalue weighted by atomic mass is 16.3. The molecule has 0 saturated carbocycles. The van der Waals surface area contributed by atoms with Crippen molar-refractivity contribution in [1.29, 1.82) is 0 Å². The number of hydrogen-bond acceptors (Lipinski definition) is 3. The topological polar surface area (TPSA) is 68.3 Å². The average Bonchev–Trinajstić information content (AvgIpc) is 2.68. The van der Waals surface area contributed by atoms with Gasteiger partial charge in [-0.1, -0.05) is 6.42 Å². The lowest BCUT2D eigenvalue weighted by Gasteiger charge is -2.02. The van der Waals surface area contributed by atoms with Gasteiger partial charge < -0.3 is 15.5 Å². The molecule has 0 radical (unpaired) electrons. The summed E-state index contributed by atoms with van der Waals surface area (Å²) in [6.07, 6.45) is 3.48. The van der Waals surface area contributed by atoms with Gasteiger partial charge >= 0.3 is 0 Å². The maximum absolute atomic E-state index is 11.4. The third-order valence-corrected chi connectivity index (χ3v) is 2.36. The molecule has 16 heavy (non-hydrogen) atoms. The molecule has 0 aliphatic carbocycles. The molecule has 1 heterocycles. The van der Waals surface area contributed by atoms with E-state index in [1.54, 1.807) is 0 Å². The van der Waals surface area contributed by atoms with Gasteiger partial charge in [0.15, 0.2) is 0 Å². The van der Waals surface area contributed by atoms with Gasteiger partial charge in [0.05, 0.1) is 6.54 Å². The predicted molar refractivity (Wildman–Crippen MR) is 62.8 cm³/mol. The lowest BCUT2D eigenvalue weighted by atomic mass is 10.2. The number of amides is 1. The van der Waals surface area contributed by atoms with Crippen LogP contribution in [0.1, 0.15) is 37.2 Å². The van der Waals surface area contributed by atoms with Gasteiger partial charge in [-0.3, -0.25) is 4.79 Å². The molecule has 0 aromatic carbocycles. The predicted octanol–water partition coefficient (Wildman–Crippen LogP) is 1.72. The molecule has 0 saturated heterocycles. The number of hydrogen-bond donors (Lipinski definition) is 2. The molecule has 1 aromatic heterocycles. The number of nitrogens with one attached hydrogen (secondary N) is 1. The van der Waals surface area contributed by atoms with Gasteiger partial charge in [-0.25, -0.2) is 0 Å². The number of rotatable bonds is 7. The molecule has 1 amide bonds. The van der Waals surface area contributed by atoms with E-state index in [0.717, 1.165) is 30.8 Å². The summed E-state index contributed by atoms with van der Waals surface area (Å²) in [6, 6.07) is 3.77. The zero-order valence-electron chi connectivity index (χ0n) is 9.79. The summed E-state index contributed by atoms with van der Waals surface area (Å²) < 4.78 is 5.35. The van der Waals surface area contributed by atoms with E-state index < -0.39 is 0 Å². The highest BCUT2D eigenvalue weighted by Gasteiger charge is 2.03. The third kappa shape index (κ3) is 4.98. The van der Waals surface area contributed by atoms with Crippen molar-refractivity contribution in [3.8, 4) is 0 Å². The van der Waals surface area contributed by atoms with Crippen LogP contribution in [0.25, 0.3) is 0 Å². The fraction of sp³-hybridized carbons (Fsp3) is 0.583. The first-order valence-corrected chi connectivity index (χ1v) is 5.74. The molecule has 0 fully saturated rings. The molecule has 1 aromatic rings. The summed E-state index contributed by atoms with van der Waals surface area (Å²) in [5.41, 5.74) is 5.37. The Morgan fingerprint density at radius 2 is 2.19 bits per heavy atom. The van der Waals surface area contributed by atoms with Gasteiger partial charge in [0.2, 0.25) is 5.91 Å². The molecular weight excluding hydrogens is 204 g/mol. The largest absolute Gasteiger partial charge is 0.465 e. The van der Waals surface area contributed by atoms with Gasteiger partial charge in [-0.15, -0.1) is 0 Å². The van der Waals surface area contributed by atoms with Crippen molar-refractivity contribution in [2.45, 2.75) is 39.2 Å². The summed E-state index contributed by atoms with van der Waals surface area (Å²) in [7, 11) is 0. The lowest BCUT2D eigenvalue weighted by Crippen LogP contribution is -2.22. The Morgan fingerprint density at radius 1 is 1.38 bits per heavy atom. The van der Waals surface area contributed by atoms with E-state index in [9.17, 15) is 4.79 Å². The first-order chi connectivity index (χ1) is 7.72. The van der Waals surface area contributed by atoms with Crippen LogP contribution in [-0.2, 0) is 11.3 Å². The second kappa shape index (κ2) is 7.06. The van der Waals surface area contributed by atoms with Crippen LogP contribution in [0.5, 0.6) is 0 Å². The number of carbonyl (C=O) groups is 1. The summed E-state index contributed by atoms with van der Waals surface area (Å²) in [5, 5.41) is 2.83. The molecule has 0 atom stereocenters. The second-order valence-electron chi connectivity index (χ2n) is 3.89. The van der Waals surface area contributed by atoms with Crippen LogP contribution < -0.4 is 11.1 Å². The molecule has 0 unspecified atom stereocenters. The van der Waals surface area contributed by atoms with Crippen LogP contribution >= 0.6 is 0 Å². The van der Waals surface area contributed by atoms with Gasteiger partial charge in [-0.2, -0.15) is 0 Å². The summed E-state index contributed by atoms with van der Waals surface area (Å²) >= 11 is 0. The smallest absolute Gasteiger partial charge is 0.220 e. The molecule has 4 nitrogen and oxygen atoms in total. The van der Waals surface area contributed by atoms with E-state index in [2.05, 4.69) is 5.32 Å². The monoisotopic (exact) mass is 224 g/mol. The normalized spacial score (nSPS) is 10.4. The van der Waals surface area contributed by atoms with Crippen molar-refractivity contribution in [2.75, 3.05) is 6.54 Å². The van der Waals surface area contributed by atoms with Gasteiger partial charge in [0, 0.05) is 6.42 Å². The average molecular weight is 224 g/mol. The lowest BCUT2D eigenvalue weighted by molar-refractivity contribution is -0.121. The minimum atomic E-state index is 0.0751. The number of carbonyl (C=O) groups excluding carboxylic acids is 1. The van der Waals surface area contributed by atoms with Gasteiger partial charge in [0.25, 0.3) is 0 Å². The second-order valence-corrected chi connectivity index (χ2v) is 3.89. The molecule has 1 rings (SSSR count). The highest BCUT2D eigenvalue weighted by molar-refractivity contribution is 5.75. The molecule has 0 bridgehead atoms. The summed E-state index contributed by atoms with van der Waals surface area (Å²) in [4.78, 5) is 11.4. The minimum absolute atomic E-state index is 0.0751. The maximum atomic E-state index is 11.4. The Kier molecular flexibility index (Phi) is 5.64. The van der Waals surface area contributed by atoms with E-state index >= 15 is 0 Å². The SMILES string of the molecule is Cc1ccc(CNC(=O)CCCCCN)o1. The van der Waals surface area contributed by atoms with Crippen molar-refractivity contribution in [3.63, 3.8) is 0 Å². The quantitative estimate of drug-likeness (QED) is 0.693. The number of furan rings is 1. The van der Waals surface area contributed by atoms with Crippen LogP contribution in [0.2, 0.25) is 0 Å². The molecule has 90 valence electrons. The molecule has 3 N–H and O–H groups in total. The van der Waals surface area contributed by atoms with E-state index in [1.165, 1.54) is 0 Å². The Morgan fingerprint density at radius 3 is 2.81 bits per heavy atom. The van der Waals surface area contributed by atoms with Crippen LogP contribution in [0.4, 0.5) is 0 Å². The molecule has 4 heteroatoms. The molecule has 0 spiro atoms. The summed E-state index contributed by atoms with van der Waals surface area (Å²) in [5.74, 6) is 1.74. The van der Waals surface area contributed by atoms with E-state index in [1.807, 2.05) is 19.1 Å². The third-order valence-electron chi connectivity index (χ3n) is 2.36. The zero-order chi connectivity index (χ0) is 11.8. The first-order valence-electron chi connectivity index (χ1n) is 5.74. The zero-order valence-corrected chi connectivity index (χ0v) is 9.79. The van der Waals surface area contributed by atoms with Crippen molar-refractivity contribution in [2.24, 2.45) is 5.73 Å². The van der Waals surface area contributed by atoms with E-state index in [-0.39, 0.29) is 5.91 Å². The minimum Gasteiger partial charge on any atom is -0.465 e. The van der Waals surface area contributed by atoms with Gasteiger partial charge in [-0.05, 0) is 38.4 Å². The Hall–Kier alpha value is -1.29. The highest BCUT2D eigenvalue weighted by Crippen LogP contribution is 2.05. The van der Waals surface area contributed by atoms with Crippen molar-refractivity contribution in [1.82, 2.24) is 5.32 Å². The molecular formula is C12H20N2O2.